The minimum atomic E-state index is -0.565. The van der Waals surface area contributed by atoms with Crippen LogP contribution in [0.3, 0.4) is 0 Å². The van der Waals surface area contributed by atoms with Crippen LogP contribution in [0.25, 0.3) is 21.2 Å². The molecule has 0 spiro atoms. The number of nitrogens with zero attached hydrogens (tertiary/aromatic N) is 2. The third kappa shape index (κ3) is 5.76. The van der Waals surface area contributed by atoms with Crippen LogP contribution in [0.1, 0.15) is 94.7 Å². The monoisotopic (exact) mass is 796 g/mol. The molecule has 1 aromatic heterocycles. The molecule has 0 unspecified atom stereocenters. The van der Waals surface area contributed by atoms with Crippen LogP contribution in [0.5, 0.6) is 0 Å². The minimum Gasteiger partial charge on any atom is -0.311 e. The van der Waals surface area contributed by atoms with Gasteiger partial charge in [0.15, 0.2) is 0 Å². The molecule has 0 saturated heterocycles. The fourth-order valence-corrected chi connectivity index (χ4v) is 11.6. The zero-order chi connectivity index (χ0) is 41.5. The lowest BCUT2D eigenvalue weighted by Gasteiger charge is -2.44. The van der Waals surface area contributed by atoms with E-state index in [1.54, 1.807) is 0 Å². The summed E-state index contributed by atoms with van der Waals surface area (Å²) < 4.78 is 33.8. The molecule has 0 fully saturated rings. The highest BCUT2D eigenvalue weighted by Crippen LogP contribution is 2.53. The Morgan fingerprint density at radius 2 is 1.29 bits per heavy atom. The minimum absolute atomic E-state index is 0.00140. The number of halogens is 2. The third-order valence-corrected chi connectivity index (χ3v) is 14.8. The van der Waals surface area contributed by atoms with Crippen molar-refractivity contribution in [3.05, 3.63) is 148 Å². The predicted molar refractivity (Wildman–Crippen MR) is 249 cm³/mol. The van der Waals surface area contributed by atoms with Crippen molar-refractivity contribution < 1.29 is 8.78 Å². The Labute approximate surface area is 352 Å². The summed E-state index contributed by atoms with van der Waals surface area (Å²) in [5.41, 5.74) is 17.3. The number of hydrogen-bond acceptors (Lipinski definition) is 3. The van der Waals surface area contributed by atoms with Crippen LogP contribution in [0.2, 0.25) is 0 Å². The second-order valence-electron chi connectivity index (χ2n) is 19.8. The molecule has 59 heavy (non-hydrogen) atoms. The highest BCUT2D eigenvalue weighted by atomic mass is 32.1. The van der Waals surface area contributed by atoms with Crippen LogP contribution in [0, 0.1) is 32.4 Å². The molecule has 296 valence electrons. The van der Waals surface area contributed by atoms with Gasteiger partial charge < -0.3 is 9.80 Å². The van der Waals surface area contributed by atoms with Crippen molar-refractivity contribution in [1.82, 2.24) is 0 Å². The van der Waals surface area contributed by atoms with Gasteiger partial charge in [-0.05, 0) is 155 Å². The molecule has 0 saturated carbocycles. The Morgan fingerprint density at radius 3 is 1.93 bits per heavy atom. The molecule has 2 aliphatic heterocycles. The summed E-state index contributed by atoms with van der Waals surface area (Å²) >= 11 is 1.91. The van der Waals surface area contributed by atoms with E-state index in [2.05, 4.69) is 152 Å². The smallest absolute Gasteiger partial charge is 0.264 e. The number of benzene rings is 6. The molecule has 0 atom stereocenters. The zero-order valence-corrected chi connectivity index (χ0v) is 36.7. The van der Waals surface area contributed by atoms with Gasteiger partial charge in [0, 0.05) is 43.3 Å². The summed E-state index contributed by atoms with van der Waals surface area (Å²) in [4.78, 5) is 4.90. The molecule has 6 heteroatoms. The van der Waals surface area contributed by atoms with Crippen LogP contribution in [0.4, 0.5) is 42.9 Å². The molecule has 0 N–H and O–H groups in total. The van der Waals surface area contributed by atoms with Crippen LogP contribution in [0.15, 0.2) is 103 Å². The molecule has 0 amide bonds. The molecule has 0 bridgehead atoms. The maximum absolute atomic E-state index is 15.6. The first-order valence-corrected chi connectivity index (χ1v) is 21.9. The van der Waals surface area contributed by atoms with Gasteiger partial charge in [-0.3, -0.25) is 0 Å². The summed E-state index contributed by atoms with van der Waals surface area (Å²) in [5.74, 6) is -1.13. The first kappa shape index (κ1) is 38.0. The number of rotatable bonds is 3. The fourth-order valence-electron chi connectivity index (χ4n) is 10.3. The van der Waals surface area contributed by atoms with Gasteiger partial charge in [0.25, 0.3) is 6.71 Å². The summed E-state index contributed by atoms with van der Waals surface area (Å²) in [6.07, 6.45) is 2.29. The maximum Gasteiger partial charge on any atom is 0.264 e. The summed E-state index contributed by atoms with van der Waals surface area (Å²) in [6, 6.07) is 35.7. The topological polar surface area (TPSA) is 6.48 Å². The number of anilines is 6. The quantitative estimate of drug-likeness (QED) is 0.164. The Bertz CT molecular complexity index is 2880. The van der Waals surface area contributed by atoms with E-state index in [-0.39, 0.29) is 28.5 Å². The number of hydrogen-bond donors (Lipinski definition) is 0. The van der Waals surface area contributed by atoms with Crippen molar-refractivity contribution in [3.63, 3.8) is 0 Å². The first-order chi connectivity index (χ1) is 27.9. The zero-order valence-electron chi connectivity index (χ0n) is 35.9. The van der Waals surface area contributed by atoms with Crippen LogP contribution in [-0.4, -0.2) is 6.71 Å². The maximum atomic E-state index is 15.6. The lowest BCUT2D eigenvalue weighted by molar-refractivity contribution is 0.332. The van der Waals surface area contributed by atoms with Gasteiger partial charge in [-0.25, -0.2) is 8.78 Å². The Hall–Kier alpha value is -5.20. The number of fused-ring (bicyclic) bond motifs is 7. The second-order valence-corrected chi connectivity index (χ2v) is 20.8. The van der Waals surface area contributed by atoms with Crippen molar-refractivity contribution >= 4 is 78.0 Å². The molecule has 6 aromatic carbocycles. The molecular weight excluding hydrogens is 745 g/mol. The fraction of sp³-hybridized carbons (Fsp3) is 0.283. The largest absolute Gasteiger partial charge is 0.311 e. The van der Waals surface area contributed by atoms with E-state index < -0.39 is 11.6 Å². The van der Waals surface area contributed by atoms with Gasteiger partial charge in [-0.15, -0.1) is 11.3 Å². The predicted octanol–water partition coefficient (Wildman–Crippen LogP) is 13.5. The van der Waals surface area contributed by atoms with E-state index in [1.807, 2.05) is 23.5 Å². The van der Waals surface area contributed by atoms with E-state index >= 15 is 8.78 Å². The van der Waals surface area contributed by atoms with E-state index in [1.165, 1.54) is 72.2 Å². The molecule has 7 aromatic rings. The summed E-state index contributed by atoms with van der Waals surface area (Å²) in [7, 11) is 0. The number of aryl methyl sites for hydroxylation is 3. The van der Waals surface area contributed by atoms with Crippen molar-refractivity contribution in [1.29, 1.82) is 0 Å². The average molecular weight is 797 g/mol. The SMILES string of the molecule is Cc1ccc(N2c3cc(-c4c(F)cccc4F)ccc3B3c4sc5cc6c(cc5c4N(c4ccc(C(C)(C)C)cc4)c4cc(C)cc2c43)C(C)(C)CCC6(C)C)c(C)c1. The van der Waals surface area contributed by atoms with Crippen molar-refractivity contribution in [2.24, 2.45) is 0 Å². The lowest BCUT2D eigenvalue weighted by atomic mass is 9.36. The van der Waals surface area contributed by atoms with Crippen LogP contribution < -0.4 is 25.5 Å². The van der Waals surface area contributed by atoms with Gasteiger partial charge in [0.2, 0.25) is 0 Å². The highest BCUT2D eigenvalue weighted by molar-refractivity contribution is 7.33. The standard InChI is InChI=1S/C53H51BF2N2S/c1-30-14-21-42(32(3)24-30)58-43-27-33(47-40(55)12-11-13-41(47)56)15-20-39(43)54-48-44(25-31(2)26-45(48)58)57(35-18-16-34(17-19-35)51(4,5)6)49-36-28-37-38(29-46(36)59-50(49)54)53(9,10)23-22-52(37,7)8/h11-21,24-29H,22-23H2,1-10H3. The molecule has 10 rings (SSSR count). The molecule has 2 nitrogen and oxygen atoms in total. The van der Waals surface area contributed by atoms with Crippen molar-refractivity contribution in [3.8, 4) is 11.1 Å². The second kappa shape index (κ2) is 12.9. The van der Waals surface area contributed by atoms with Crippen LogP contribution >= 0.6 is 11.3 Å². The molecule has 1 aliphatic carbocycles. The lowest BCUT2D eigenvalue weighted by Crippen LogP contribution is -2.60. The first-order valence-electron chi connectivity index (χ1n) is 21.1. The van der Waals surface area contributed by atoms with Gasteiger partial charge in [-0.2, -0.15) is 0 Å². The number of thiophene rings is 1. The van der Waals surface area contributed by atoms with Gasteiger partial charge >= 0.3 is 0 Å². The Balaban J connectivity index is 1.33. The normalized spacial score (nSPS) is 16.2. The average Bonchev–Trinajstić information content (AvgIpc) is 3.54. The van der Waals surface area contributed by atoms with Gasteiger partial charge in [-0.1, -0.05) is 96.5 Å². The van der Waals surface area contributed by atoms with Gasteiger partial charge in [0.05, 0.1) is 11.3 Å². The van der Waals surface area contributed by atoms with E-state index in [9.17, 15) is 0 Å². The molecule has 0 radical (unpaired) electrons. The molecular formula is C53H51BF2N2S. The van der Waals surface area contributed by atoms with Crippen LogP contribution in [-0.2, 0) is 16.2 Å². The van der Waals surface area contributed by atoms with Gasteiger partial charge in [0.1, 0.15) is 11.6 Å². The Morgan fingerprint density at radius 1 is 0.644 bits per heavy atom. The summed E-state index contributed by atoms with van der Waals surface area (Å²) in [5, 5.41) is 1.28. The highest BCUT2D eigenvalue weighted by Gasteiger charge is 2.47. The molecule has 3 heterocycles. The van der Waals surface area contributed by atoms with E-state index in [4.69, 9.17) is 0 Å². The van der Waals surface area contributed by atoms with E-state index in [0.717, 1.165) is 52.2 Å². The van der Waals surface area contributed by atoms with Crippen molar-refractivity contribution in [2.75, 3.05) is 9.80 Å². The third-order valence-electron chi connectivity index (χ3n) is 13.6. The Kier molecular flexibility index (Phi) is 8.32. The van der Waals surface area contributed by atoms with E-state index in [0.29, 0.717) is 5.56 Å². The van der Waals surface area contributed by atoms with Crippen molar-refractivity contribution in [2.45, 2.75) is 98.3 Å². The molecule has 3 aliphatic rings. The summed E-state index contributed by atoms with van der Waals surface area (Å²) in [6.45, 7) is 22.8.